The number of fused-ring (bicyclic) bond motifs is 1. The van der Waals surface area contributed by atoms with Gasteiger partial charge in [0, 0.05) is 23.7 Å². The molecule has 0 atom stereocenters. The van der Waals surface area contributed by atoms with Gasteiger partial charge in [0.05, 0.1) is 24.3 Å². The zero-order valence-corrected chi connectivity index (χ0v) is 15.0. The van der Waals surface area contributed by atoms with Gasteiger partial charge in [-0.25, -0.2) is 4.98 Å². The van der Waals surface area contributed by atoms with Gasteiger partial charge in [-0.1, -0.05) is 17.7 Å². The maximum absolute atomic E-state index is 6.08. The summed E-state index contributed by atoms with van der Waals surface area (Å²) in [6, 6.07) is 11.8. The molecule has 0 bridgehead atoms. The third-order valence-corrected chi connectivity index (χ3v) is 4.92. The van der Waals surface area contributed by atoms with Crippen LogP contribution in [0.1, 0.15) is 19.3 Å². The number of ether oxygens (including phenoxy) is 1. The standard InChI is InChI=1S/C20H20ClN3O/c1-25-19-12-15(21)6-7-16(19)14-5-8-17-18(11-14)23-20(13-22-17)24-9-3-2-4-10-24/h5-8,11-13H,2-4,9-10H2,1H3. The van der Waals surface area contributed by atoms with Gasteiger partial charge in [0.1, 0.15) is 11.6 Å². The molecule has 4 rings (SSSR count). The highest BCUT2D eigenvalue weighted by atomic mass is 35.5. The Bertz CT molecular complexity index is 907. The molecule has 4 nitrogen and oxygen atoms in total. The Morgan fingerprint density at radius 2 is 1.84 bits per heavy atom. The lowest BCUT2D eigenvalue weighted by Gasteiger charge is -2.27. The fourth-order valence-corrected chi connectivity index (χ4v) is 3.51. The first kappa shape index (κ1) is 16.2. The van der Waals surface area contributed by atoms with Crippen LogP contribution in [-0.4, -0.2) is 30.2 Å². The number of rotatable bonds is 3. The van der Waals surface area contributed by atoms with E-state index in [-0.39, 0.29) is 0 Å². The maximum atomic E-state index is 6.08. The molecule has 3 aromatic rings. The average Bonchev–Trinajstić information content (AvgIpc) is 2.67. The Kier molecular flexibility index (Phi) is 4.45. The quantitative estimate of drug-likeness (QED) is 0.667. The number of aromatic nitrogens is 2. The topological polar surface area (TPSA) is 38.2 Å². The molecule has 0 amide bonds. The molecule has 1 saturated heterocycles. The molecule has 0 radical (unpaired) electrons. The molecular weight excluding hydrogens is 334 g/mol. The van der Waals surface area contributed by atoms with Gasteiger partial charge in [0.2, 0.25) is 0 Å². The van der Waals surface area contributed by atoms with Crippen LogP contribution in [0, 0.1) is 0 Å². The molecule has 0 N–H and O–H groups in total. The van der Waals surface area contributed by atoms with E-state index in [0.29, 0.717) is 5.02 Å². The van der Waals surface area contributed by atoms with Gasteiger partial charge in [-0.2, -0.15) is 0 Å². The predicted molar refractivity (Wildman–Crippen MR) is 103 cm³/mol. The largest absolute Gasteiger partial charge is 0.496 e. The lowest BCUT2D eigenvalue weighted by atomic mass is 10.0. The summed E-state index contributed by atoms with van der Waals surface area (Å²) in [5, 5.41) is 0.661. The number of hydrogen-bond donors (Lipinski definition) is 0. The van der Waals surface area contributed by atoms with Gasteiger partial charge in [-0.05, 0) is 55.2 Å². The van der Waals surface area contributed by atoms with Crippen LogP contribution in [0.25, 0.3) is 22.2 Å². The number of anilines is 1. The summed E-state index contributed by atoms with van der Waals surface area (Å²) < 4.78 is 5.48. The summed E-state index contributed by atoms with van der Waals surface area (Å²) in [4.78, 5) is 11.8. The summed E-state index contributed by atoms with van der Waals surface area (Å²) in [6.45, 7) is 2.12. The number of halogens is 1. The molecule has 0 unspecified atom stereocenters. The minimum atomic E-state index is 0.661. The van der Waals surface area contributed by atoms with Crippen molar-refractivity contribution in [1.29, 1.82) is 0 Å². The number of piperidine rings is 1. The number of methoxy groups -OCH3 is 1. The van der Waals surface area contributed by atoms with Gasteiger partial charge in [0.15, 0.2) is 0 Å². The van der Waals surface area contributed by atoms with Crippen molar-refractivity contribution in [3.05, 3.63) is 47.6 Å². The van der Waals surface area contributed by atoms with Gasteiger partial charge < -0.3 is 9.64 Å². The van der Waals surface area contributed by atoms with Crippen molar-refractivity contribution in [2.45, 2.75) is 19.3 Å². The Hall–Kier alpha value is -2.33. The lowest BCUT2D eigenvalue weighted by Crippen LogP contribution is -2.30. The van der Waals surface area contributed by atoms with E-state index in [1.807, 2.05) is 36.5 Å². The van der Waals surface area contributed by atoms with E-state index in [9.17, 15) is 0 Å². The van der Waals surface area contributed by atoms with Crippen molar-refractivity contribution < 1.29 is 4.74 Å². The fraction of sp³-hybridized carbons (Fsp3) is 0.300. The van der Waals surface area contributed by atoms with E-state index >= 15 is 0 Å². The van der Waals surface area contributed by atoms with Crippen LogP contribution in [0.2, 0.25) is 5.02 Å². The van der Waals surface area contributed by atoms with Crippen LogP contribution in [0.4, 0.5) is 5.82 Å². The Morgan fingerprint density at radius 3 is 2.64 bits per heavy atom. The fourth-order valence-electron chi connectivity index (χ4n) is 3.35. The first-order valence-corrected chi connectivity index (χ1v) is 8.98. The van der Waals surface area contributed by atoms with Crippen molar-refractivity contribution in [3.63, 3.8) is 0 Å². The highest BCUT2D eigenvalue weighted by Gasteiger charge is 2.14. The van der Waals surface area contributed by atoms with E-state index in [4.69, 9.17) is 21.3 Å². The summed E-state index contributed by atoms with van der Waals surface area (Å²) in [7, 11) is 1.66. The molecule has 1 aliphatic rings. The van der Waals surface area contributed by atoms with E-state index < -0.39 is 0 Å². The highest BCUT2D eigenvalue weighted by Crippen LogP contribution is 2.33. The second-order valence-corrected chi connectivity index (χ2v) is 6.76. The van der Waals surface area contributed by atoms with Crippen molar-refractivity contribution >= 4 is 28.5 Å². The summed E-state index contributed by atoms with van der Waals surface area (Å²) in [6.07, 6.45) is 5.64. The summed E-state index contributed by atoms with van der Waals surface area (Å²) in [5.41, 5.74) is 3.85. The SMILES string of the molecule is COc1cc(Cl)ccc1-c1ccc2ncc(N3CCCCC3)nc2c1. The first-order chi connectivity index (χ1) is 12.2. The predicted octanol–water partition coefficient (Wildman–Crippen LogP) is 4.95. The molecule has 128 valence electrons. The number of nitrogens with zero attached hydrogens (tertiary/aromatic N) is 3. The average molecular weight is 354 g/mol. The smallest absolute Gasteiger partial charge is 0.147 e. The Labute approximate surface area is 152 Å². The number of hydrogen-bond acceptors (Lipinski definition) is 4. The van der Waals surface area contributed by atoms with Crippen LogP contribution < -0.4 is 9.64 Å². The third kappa shape index (κ3) is 3.27. The zero-order chi connectivity index (χ0) is 17.2. The molecule has 1 fully saturated rings. The van der Waals surface area contributed by atoms with Gasteiger partial charge in [0.25, 0.3) is 0 Å². The third-order valence-electron chi connectivity index (χ3n) is 4.68. The summed E-state index contributed by atoms with van der Waals surface area (Å²) in [5.74, 6) is 1.72. The van der Waals surface area contributed by atoms with Gasteiger partial charge in [-0.15, -0.1) is 0 Å². The minimum Gasteiger partial charge on any atom is -0.496 e. The molecule has 2 aromatic carbocycles. The van der Waals surface area contributed by atoms with Gasteiger partial charge >= 0.3 is 0 Å². The van der Waals surface area contributed by atoms with Gasteiger partial charge in [-0.3, -0.25) is 4.98 Å². The molecule has 2 heterocycles. The molecule has 25 heavy (non-hydrogen) atoms. The van der Waals surface area contributed by atoms with Crippen molar-refractivity contribution in [3.8, 4) is 16.9 Å². The minimum absolute atomic E-state index is 0.661. The highest BCUT2D eigenvalue weighted by molar-refractivity contribution is 6.30. The molecule has 0 aliphatic carbocycles. The molecular formula is C20H20ClN3O. The zero-order valence-electron chi connectivity index (χ0n) is 14.2. The van der Waals surface area contributed by atoms with Crippen LogP contribution in [-0.2, 0) is 0 Å². The van der Waals surface area contributed by atoms with E-state index in [2.05, 4.69) is 16.0 Å². The normalized spacial score (nSPS) is 14.7. The lowest BCUT2D eigenvalue weighted by molar-refractivity contribution is 0.416. The molecule has 1 aliphatic heterocycles. The number of benzene rings is 2. The van der Waals surface area contributed by atoms with E-state index in [0.717, 1.165) is 46.8 Å². The maximum Gasteiger partial charge on any atom is 0.147 e. The van der Waals surface area contributed by atoms with Crippen LogP contribution in [0.3, 0.4) is 0 Å². The van der Waals surface area contributed by atoms with E-state index in [1.165, 1.54) is 19.3 Å². The second-order valence-electron chi connectivity index (χ2n) is 6.32. The Balaban J connectivity index is 1.76. The monoisotopic (exact) mass is 353 g/mol. The van der Waals surface area contributed by atoms with Crippen LogP contribution in [0.5, 0.6) is 5.75 Å². The first-order valence-electron chi connectivity index (χ1n) is 8.60. The molecule has 0 saturated carbocycles. The summed E-state index contributed by atoms with van der Waals surface area (Å²) >= 11 is 6.08. The van der Waals surface area contributed by atoms with Crippen molar-refractivity contribution in [1.82, 2.24) is 9.97 Å². The molecule has 0 spiro atoms. The molecule has 5 heteroatoms. The van der Waals surface area contributed by atoms with Crippen LogP contribution >= 0.6 is 11.6 Å². The van der Waals surface area contributed by atoms with Crippen molar-refractivity contribution in [2.75, 3.05) is 25.1 Å². The second kappa shape index (κ2) is 6.89. The Morgan fingerprint density at radius 1 is 1.00 bits per heavy atom. The van der Waals surface area contributed by atoms with Crippen LogP contribution in [0.15, 0.2) is 42.6 Å². The van der Waals surface area contributed by atoms with Crippen molar-refractivity contribution in [2.24, 2.45) is 0 Å². The van der Waals surface area contributed by atoms with E-state index in [1.54, 1.807) is 7.11 Å². The molecule has 1 aromatic heterocycles.